The van der Waals surface area contributed by atoms with Gasteiger partial charge in [-0.3, -0.25) is 4.79 Å². The van der Waals surface area contributed by atoms with E-state index in [0.717, 1.165) is 11.1 Å². The van der Waals surface area contributed by atoms with Crippen LogP contribution in [0.1, 0.15) is 30.5 Å². The molecule has 0 saturated carbocycles. The molecule has 100 valence electrons. The highest BCUT2D eigenvalue weighted by Crippen LogP contribution is 2.29. The highest BCUT2D eigenvalue weighted by Gasteiger charge is 2.13. The van der Waals surface area contributed by atoms with Crippen molar-refractivity contribution >= 4 is 28.2 Å². The number of amides is 1. The van der Waals surface area contributed by atoms with E-state index >= 15 is 0 Å². The Morgan fingerprint density at radius 1 is 1.17 bits per heavy atom. The number of carbonyl (C=O) groups is 1. The third kappa shape index (κ3) is 3.67. The molecule has 0 radical (unpaired) electrons. The topological polar surface area (TPSA) is 95.1 Å². The molecule has 1 aromatic carbocycles. The molecule has 1 aromatic rings. The minimum Gasteiger partial charge on any atom is -0.398 e. The molecule has 5 heteroatoms. The fourth-order valence-corrected chi connectivity index (χ4v) is 1.66. The molecular weight excluding hydrogens is 250 g/mol. The van der Waals surface area contributed by atoms with Crippen LogP contribution in [-0.4, -0.2) is 5.91 Å². The third-order valence-corrected chi connectivity index (χ3v) is 2.68. The average Bonchev–Trinajstić information content (AvgIpc) is 2.34. The van der Waals surface area contributed by atoms with Crippen molar-refractivity contribution in [2.75, 3.05) is 5.73 Å². The molecule has 1 amide bonds. The van der Waals surface area contributed by atoms with Gasteiger partial charge in [-0.25, -0.2) is 0 Å². The zero-order valence-electron chi connectivity index (χ0n) is 11.2. The van der Waals surface area contributed by atoms with Crippen molar-refractivity contribution < 1.29 is 4.79 Å². The predicted molar refractivity (Wildman–Crippen MR) is 77.8 cm³/mol. The molecule has 0 spiro atoms. The van der Waals surface area contributed by atoms with Crippen LogP contribution in [0.15, 0.2) is 17.8 Å². The number of hydrogen-bond donors (Lipinski definition) is 3. The van der Waals surface area contributed by atoms with Crippen LogP contribution < -0.4 is 17.2 Å². The molecule has 0 atom stereocenters. The largest absolute Gasteiger partial charge is 0.398 e. The van der Waals surface area contributed by atoms with Crippen LogP contribution in [-0.2, 0) is 4.79 Å². The summed E-state index contributed by atoms with van der Waals surface area (Å²) >= 11 is 5.97. The van der Waals surface area contributed by atoms with Crippen molar-refractivity contribution in [1.29, 1.82) is 0 Å². The van der Waals surface area contributed by atoms with E-state index < -0.39 is 5.91 Å². The second-order valence-electron chi connectivity index (χ2n) is 3.63. The molecule has 4 nitrogen and oxygen atoms in total. The van der Waals surface area contributed by atoms with Gasteiger partial charge in [0.25, 0.3) is 5.91 Å². The Bertz CT molecular complexity index is 481. The summed E-state index contributed by atoms with van der Waals surface area (Å²) in [4.78, 5) is 10.9. The lowest BCUT2D eigenvalue weighted by molar-refractivity contribution is -0.114. The first-order chi connectivity index (χ1) is 8.34. The zero-order chi connectivity index (χ0) is 14.5. The standard InChI is InChI=1S/C11H14ClN3O.C2H6/c1-5-3-6(2)9(13)7(4-5)8(12)10(14)11(15)16;1-2/h3-4H,13-14H2,1-2H3,(H2,15,16);1-2H3/b10-8+;. The summed E-state index contributed by atoms with van der Waals surface area (Å²) < 4.78 is 0. The summed E-state index contributed by atoms with van der Waals surface area (Å²) in [6.07, 6.45) is 0. The molecule has 0 aliphatic rings. The maximum absolute atomic E-state index is 10.9. The first kappa shape index (κ1) is 16.3. The van der Waals surface area contributed by atoms with Gasteiger partial charge in [0.15, 0.2) is 0 Å². The fraction of sp³-hybridized carbons (Fsp3) is 0.308. The van der Waals surface area contributed by atoms with E-state index in [0.29, 0.717) is 11.3 Å². The highest BCUT2D eigenvalue weighted by atomic mass is 35.5. The molecule has 0 bridgehead atoms. The van der Waals surface area contributed by atoms with E-state index in [-0.39, 0.29) is 10.7 Å². The zero-order valence-corrected chi connectivity index (χ0v) is 11.9. The lowest BCUT2D eigenvalue weighted by atomic mass is 10.0. The van der Waals surface area contributed by atoms with E-state index in [1.807, 2.05) is 33.8 Å². The number of carbonyl (C=O) groups excluding carboxylic acids is 1. The third-order valence-electron chi connectivity index (χ3n) is 2.27. The van der Waals surface area contributed by atoms with Crippen LogP contribution >= 0.6 is 11.6 Å². The summed E-state index contributed by atoms with van der Waals surface area (Å²) in [6, 6.07) is 3.68. The lowest BCUT2D eigenvalue weighted by Crippen LogP contribution is -2.21. The molecule has 6 N–H and O–H groups in total. The summed E-state index contributed by atoms with van der Waals surface area (Å²) in [7, 11) is 0. The molecular formula is C13H20ClN3O. The Kier molecular flexibility index (Phi) is 6.27. The van der Waals surface area contributed by atoms with Crippen molar-refractivity contribution in [3.05, 3.63) is 34.5 Å². The van der Waals surface area contributed by atoms with E-state index in [1.54, 1.807) is 6.07 Å². The predicted octanol–water partition coefficient (Wildman–Crippen LogP) is 2.26. The SMILES string of the molecule is CC.Cc1cc(C)c(N)c(/C(Cl)=C(\N)C(N)=O)c1. The van der Waals surface area contributed by atoms with E-state index in [2.05, 4.69) is 0 Å². The summed E-state index contributed by atoms with van der Waals surface area (Å²) in [5.74, 6) is -0.761. The van der Waals surface area contributed by atoms with Crippen molar-refractivity contribution in [2.45, 2.75) is 27.7 Å². The number of halogens is 1. The monoisotopic (exact) mass is 269 g/mol. The summed E-state index contributed by atoms with van der Waals surface area (Å²) in [5, 5.41) is 0.0943. The van der Waals surface area contributed by atoms with Crippen LogP contribution in [0, 0.1) is 13.8 Å². The Hall–Kier alpha value is -1.68. The van der Waals surface area contributed by atoms with Gasteiger partial charge in [0, 0.05) is 11.3 Å². The minimum absolute atomic E-state index is 0.0943. The van der Waals surface area contributed by atoms with Gasteiger partial charge in [0.1, 0.15) is 5.70 Å². The number of anilines is 1. The Morgan fingerprint density at radius 2 is 1.67 bits per heavy atom. The van der Waals surface area contributed by atoms with Crippen LogP contribution in [0.4, 0.5) is 5.69 Å². The summed E-state index contributed by atoms with van der Waals surface area (Å²) in [5.41, 5.74) is 19.1. The van der Waals surface area contributed by atoms with Gasteiger partial charge in [-0.15, -0.1) is 0 Å². The van der Waals surface area contributed by atoms with Crippen molar-refractivity contribution in [1.82, 2.24) is 0 Å². The normalized spacial score (nSPS) is 11.2. The average molecular weight is 270 g/mol. The molecule has 0 aliphatic heterocycles. The molecule has 0 unspecified atom stereocenters. The molecule has 0 aromatic heterocycles. The Balaban J connectivity index is 0.00000137. The minimum atomic E-state index is -0.761. The van der Waals surface area contributed by atoms with Gasteiger partial charge in [-0.05, 0) is 25.5 Å². The first-order valence-corrected chi connectivity index (χ1v) is 6.04. The first-order valence-electron chi connectivity index (χ1n) is 5.66. The number of rotatable bonds is 2. The molecule has 0 aliphatic carbocycles. The van der Waals surface area contributed by atoms with Crippen molar-refractivity contribution in [3.63, 3.8) is 0 Å². The van der Waals surface area contributed by atoms with Gasteiger partial charge in [0.2, 0.25) is 0 Å². The smallest absolute Gasteiger partial charge is 0.266 e. The molecule has 18 heavy (non-hydrogen) atoms. The summed E-state index contributed by atoms with van der Waals surface area (Å²) in [6.45, 7) is 7.76. The molecule has 0 saturated heterocycles. The highest BCUT2D eigenvalue weighted by molar-refractivity contribution is 6.51. The van der Waals surface area contributed by atoms with Gasteiger partial charge in [0.05, 0.1) is 5.03 Å². The van der Waals surface area contributed by atoms with Crippen LogP contribution in [0.25, 0.3) is 5.03 Å². The van der Waals surface area contributed by atoms with Crippen LogP contribution in [0.2, 0.25) is 0 Å². The van der Waals surface area contributed by atoms with Crippen LogP contribution in [0.3, 0.4) is 0 Å². The van der Waals surface area contributed by atoms with Crippen molar-refractivity contribution in [2.24, 2.45) is 11.5 Å². The van der Waals surface area contributed by atoms with E-state index in [4.69, 9.17) is 28.8 Å². The molecule has 0 fully saturated rings. The molecule has 0 heterocycles. The van der Waals surface area contributed by atoms with Gasteiger partial charge in [-0.2, -0.15) is 0 Å². The van der Waals surface area contributed by atoms with Gasteiger partial charge < -0.3 is 17.2 Å². The van der Waals surface area contributed by atoms with Crippen molar-refractivity contribution in [3.8, 4) is 0 Å². The number of hydrogen-bond acceptors (Lipinski definition) is 3. The van der Waals surface area contributed by atoms with Gasteiger partial charge >= 0.3 is 0 Å². The maximum Gasteiger partial charge on any atom is 0.266 e. The van der Waals surface area contributed by atoms with E-state index in [9.17, 15) is 4.79 Å². The number of primary amides is 1. The number of aryl methyl sites for hydroxylation is 2. The van der Waals surface area contributed by atoms with Gasteiger partial charge in [-0.1, -0.05) is 37.1 Å². The van der Waals surface area contributed by atoms with Crippen LogP contribution in [0.5, 0.6) is 0 Å². The second-order valence-corrected chi connectivity index (χ2v) is 4.01. The Labute approximate surface area is 113 Å². The van der Waals surface area contributed by atoms with E-state index in [1.165, 1.54) is 0 Å². The number of nitrogens with two attached hydrogens (primary N) is 3. The number of benzene rings is 1. The number of nitrogen functional groups attached to an aromatic ring is 1. The molecule has 1 rings (SSSR count). The maximum atomic E-state index is 10.9. The lowest BCUT2D eigenvalue weighted by Gasteiger charge is -2.10. The Morgan fingerprint density at radius 3 is 2.11 bits per heavy atom. The second kappa shape index (κ2) is 6.91. The fourth-order valence-electron chi connectivity index (χ4n) is 1.41. The quantitative estimate of drug-likeness (QED) is 0.568.